The second-order valence-electron chi connectivity index (χ2n) is 9.34. The number of aliphatic hydroxyl groups excluding tert-OH is 1. The van der Waals surface area contributed by atoms with Gasteiger partial charge in [0.05, 0.1) is 31.1 Å². The van der Waals surface area contributed by atoms with Gasteiger partial charge in [-0.1, -0.05) is 27.7 Å². The Morgan fingerprint density at radius 2 is 1.74 bits per heavy atom. The van der Waals surface area contributed by atoms with Crippen LogP contribution in [-0.2, 0) is 6.54 Å². The van der Waals surface area contributed by atoms with E-state index >= 15 is 0 Å². The molecule has 0 fully saturated rings. The van der Waals surface area contributed by atoms with Crippen molar-refractivity contribution in [3.63, 3.8) is 0 Å². The van der Waals surface area contributed by atoms with Crippen LogP contribution in [0.2, 0.25) is 0 Å². The number of nitrogens with zero attached hydrogens (tertiary/aromatic N) is 4. The number of aromatic hydroxyl groups is 2. The van der Waals surface area contributed by atoms with Crippen LogP contribution >= 0.6 is 0 Å². The molecule has 5 N–H and O–H groups in total. The number of ether oxygens (including phenoxy) is 1. The molecule has 0 bridgehead atoms. The normalized spacial score (nSPS) is 12.7. The number of methoxy groups -OCH3 is 1. The first-order valence-corrected chi connectivity index (χ1v) is 11.6. The van der Waals surface area contributed by atoms with E-state index in [0.717, 1.165) is 11.4 Å². The number of phenols is 2. The number of fused-ring (bicyclic) bond motifs is 1. The Hall–Kier alpha value is -3.27. The Morgan fingerprint density at radius 1 is 1.03 bits per heavy atom. The topological polar surface area (TPSA) is 138 Å². The maximum absolute atomic E-state index is 10.4. The van der Waals surface area contributed by atoms with Gasteiger partial charge in [0, 0.05) is 18.2 Å². The van der Waals surface area contributed by atoms with Crippen molar-refractivity contribution >= 4 is 11.8 Å². The summed E-state index contributed by atoms with van der Waals surface area (Å²) in [5, 5.41) is 46.0. The smallest absolute Gasteiger partial charge is 0.205 e. The number of rotatable bonds is 10. The lowest BCUT2D eigenvalue weighted by molar-refractivity contribution is 0.248. The first kappa shape index (κ1) is 25.4. The van der Waals surface area contributed by atoms with E-state index in [2.05, 4.69) is 53.1 Å². The zero-order chi connectivity index (χ0) is 25.2. The van der Waals surface area contributed by atoms with Crippen LogP contribution in [0.25, 0.3) is 11.4 Å². The largest absolute Gasteiger partial charge is 0.504 e. The van der Waals surface area contributed by atoms with E-state index in [1.807, 2.05) is 13.8 Å². The fourth-order valence-corrected chi connectivity index (χ4v) is 3.83. The van der Waals surface area contributed by atoms with Crippen LogP contribution in [0.1, 0.15) is 64.8 Å². The summed E-state index contributed by atoms with van der Waals surface area (Å²) >= 11 is 0. The molecule has 1 aromatic rings. The van der Waals surface area contributed by atoms with E-state index in [1.165, 1.54) is 7.11 Å². The van der Waals surface area contributed by atoms with Crippen molar-refractivity contribution in [2.75, 3.05) is 24.4 Å². The Bertz CT molecular complexity index is 1100. The predicted octanol–water partition coefficient (Wildman–Crippen LogP) is 3.94. The van der Waals surface area contributed by atoms with Gasteiger partial charge >= 0.3 is 0 Å². The van der Waals surface area contributed by atoms with Crippen LogP contribution < -0.4 is 15.4 Å². The third kappa shape index (κ3) is 4.82. The highest BCUT2D eigenvalue weighted by molar-refractivity contribution is 5.75. The molecular formula is C24H36N6O4. The van der Waals surface area contributed by atoms with Crippen molar-refractivity contribution in [2.24, 2.45) is 5.92 Å². The molecule has 3 rings (SSSR count). The number of aliphatic hydroxyl groups is 1. The molecule has 2 aliphatic heterocycles. The van der Waals surface area contributed by atoms with Crippen LogP contribution in [0.4, 0.5) is 11.8 Å². The van der Waals surface area contributed by atoms with Gasteiger partial charge in [0.2, 0.25) is 11.7 Å². The standard InChI is InChI=1S/C24H36N6O4/c1-12(2)16(11-31)26-24-27-23(25-10-15-8-9-17(34-7)22(33)21(15)32)19-20(30(24)14(5)6)18(13(3)4)28-29-19/h8-9,12-14,16,25,31-33H,10-11H2,1-7H3,(H,26,27). The fourth-order valence-electron chi connectivity index (χ4n) is 3.83. The Balaban J connectivity index is 2.10. The number of benzene rings is 1. The lowest BCUT2D eigenvalue weighted by Gasteiger charge is -2.28. The second kappa shape index (κ2) is 10.3. The van der Waals surface area contributed by atoms with Crippen molar-refractivity contribution in [1.82, 2.24) is 19.7 Å². The molecule has 34 heavy (non-hydrogen) atoms. The first-order valence-electron chi connectivity index (χ1n) is 11.6. The molecule has 0 saturated carbocycles. The molecule has 10 nitrogen and oxygen atoms in total. The highest BCUT2D eigenvalue weighted by Gasteiger charge is 2.29. The van der Waals surface area contributed by atoms with Crippen LogP contribution in [0.15, 0.2) is 12.1 Å². The number of nitrogens with one attached hydrogen (secondary N) is 2. The van der Waals surface area contributed by atoms with Crippen molar-refractivity contribution in [1.29, 1.82) is 0 Å². The summed E-state index contributed by atoms with van der Waals surface area (Å²) < 4.78 is 7.12. The minimum Gasteiger partial charge on any atom is -0.504 e. The maximum atomic E-state index is 10.4. The zero-order valence-corrected chi connectivity index (χ0v) is 20.9. The molecule has 10 heteroatoms. The van der Waals surface area contributed by atoms with Crippen molar-refractivity contribution in [3.8, 4) is 28.6 Å². The summed E-state index contributed by atoms with van der Waals surface area (Å²) in [6, 6.07) is 3.13. The summed E-state index contributed by atoms with van der Waals surface area (Å²) in [4.78, 5) is 4.82. The Kier molecular flexibility index (Phi) is 7.71. The van der Waals surface area contributed by atoms with Gasteiger partial charge in [-0.3, -0.25) is 0 Å². The van der Waals surface area contributed by atoms with E-state index in [1.54, 1.807) is 12.1 Å². The maximum Gasteiger partial charge on any atom is 0.205 e. The van der Waals surface area contributed by atoms with E-state index in [0.29, 0.717) is 23.0 Å². The molecule has 0 spiro atoms. The molecule has 0 amide bonds. The van der Waals surface area contributed by atoms with E-state index in [4.69, 9.17) is 9.72 Å². The number of hydrogen-bond acceptors (Lipinski definition) is 9. The monoisotopic (exact) mass is 472 g/mol. The second-order valence-corrected chi connectivity index (χ2v) is 9.34. The zero-order valence-electron chi connectivity index (χ0n) is 20.9. The highest BCUT2D eigenvalue weighted by Crippen LogP contribution is 2.40. The number of hydrogen-bond donors (Lipinski definition) is 5. The first-order chi connectivity index (χ1) is 16.1. The average molecular weight is 473 g/mol. The summed E-state index contributed by atoms with van der Waals surface area (Å²) in [6.45, 7) is 12.5. The Morgan fingerprint density at radius 3 is 2.29 bits per heavy atom. The van der Waals surface area contributed by atoms with Gasteiger partial charge in [-0.2, -0.15) is 10.1 Å². The lowest BCUT2D eigenvalue weighted by Crippen LogP contribution is -2.32. The molecule has 0 saturated heterocycles. The van der Waals surface area contributed by atoms with Gasteiger partial charge in [-0.25, -0.2) is 0 Å². The van der Waals surface area contributed by atoms with Gasteiger partial charge in [0.25, 0.3) is 0 Å². The van der Waals surface area contributed by atoms with Gasteiger partial charge in [-0.05, 0) is 37.8 Å². The van der Waals surface area contributed by atoms with Gasteiger partial charge in [0.1, 0.15) is 0 Å². The number of aromatic nitrogens is 4. The summed E-state index contributed by atoms with van der Waals surface area (Å²) in [6.07, 6.45) is 0. The molecule has 1 unspecified atom stereocenters. The van der Waals surface area contributed by atoms with Crippen LogP contribution in [-0.4, -0.2) is 54.8 Å². The Labute approximate surface area is 200 Å². The molecule has 2 aliphatic rings. The van der Waals surface area contributed by atoms with Gasteiger partial charge < -0.3 is 35.3 Å². The van der Waals surface area contributed by atoms with E-state index in [9.17, 15) is 15.3 Å². The van der Waals surface area contributed by atoms with Gasteiger partial charge in [-0.15, -0.1) is 5.10 Å². The van der Waals surface area contributed by atoms with Crippen molar-refractivity contribution < 1.29 is 20.1 Å². The molecule has 1 aromatic carbocycles. The summed E-state index contributed by atoms with van der Waals surface area (Å²) in [5.41, 5.74) is 2.81. The van der Waals surface area contributed by atoms with Crippen molar-refractivity contribution in [3.05, 3.63) is 23.4 Å². The van der Waals surface area contributed by atoms with E-state index < -0.39 is 0 Å². The molecule has 2 heterocycles. The molecular weight excluding hydrogens is 436 g/mol. The minimum absolute atomic E-state index is 0.0359. The van der Waals surface area contributed by atoms with Crippen molar-refractivity contribution in [2.45, 2.75) is 66.1 Å². The predicted molar refractivity (Wildman–Crippen MR) is 132 cm³/mol. The average Bonchev–Trinajstić information content (AvgIpc) is 3.23. The summed E-state index contributed by atoms with van der Waals surface area (Å²) in [5.74, 6) is 1.02. The SMILES string of the molecule is COc1ccc(CNc2nc(NC(CO)C(C)C)n(C(C)C)c3c(C(C)C)nnc2-3)c(O)c1O. The molecule has 1 atom stereocenters. The molecule has 0 aliphatic carbocycles. The van der Waals surface area contributed by atoms with E-state index in [-0.39, 0.29) is 54.3 Å². The number of phenolic OH excluding ortho intramolecular Hbond substituents is 2. The quantitative estimate of drug-likeness (QED) is 0.278. The molecule has 0 aromatic heterocycles. The third-order valence-corrected chi connectivity index (χ3v) is 5.88. The lowest BCUT2D eigenvalue weighted by atomic mass is 10.0. The molecule has 0 radical (unpaired) electrons. The fraction of sp³-hybridized carbons (Fsp3) is 0.542. The molecule has 186 valence electrons. The third-order valence-electron chi connectivity index (χ3n) is 5.88. The van der Waals surface area contributed by atoms with Crippen LogP contribution in [0.5, 0.6) is 17.2 Å². The highest BCUT2D eigenvalue weighted by atomic mass is 16.5. The van der Waals surface area contributed by atoms with Crippen LogP contribution in [0.3, 0.4) is 0 Å². The van der Waals surface area contributed by atoms with Gasteiger partial charge in [0.15, 0.2) is 23.0 Å². The summed E-state index contributed by atoms with van der Waals surface area (Å²) in [7, 11) is 1.42. The van der Waals surface area contributed by atoms with Crippen LogP contribution in [0, 0.1) is 5.92 Å². The minimum atomic E-state index is -0.314. The number of anilines is 2.